The molecule has 8 heteroatoms. The highest BCUT2D eigenvalue weighted by molar-refractivity contribution is 7.89. The smallest absolute Gasteiger partial charge is 0.289 e. The van der Waals surface area contributed by atoms with Crippen molar-refractivity contribution >= 4 is 15.9 Å². The van der Waals surface area contributed by atoms with Crippen molar-refractivity contribution in [3.63, 3.8) is 0 Å². The second-order valence-electron chi connectivity index (χ2n) is 4.86. The molecule has 1 saturated heterocycles. The Bertz CT molecular complexity index is 736. The average Bonchev–Trinajstić information content (AvgIpc) is 3.09. The van der Waals surface area contributed by atoms with Gasteiger partial charge >= 0.3 is 0 Å². The topological polar surface area (TPSA) is 83.7 Å². The van der Waals surface area contributed by atoms with Gasteiger partial charge in [-0.15, -0.1) is 0 Å². The minimum atomic E-state index is -3.56. The first-order valence-corrected chi connectivity index (χ1v) is 8.26. The number of sulfonamides is 1. The number of pyridine rings is 1. The Hall–Kier alpha value is -2.19. The number of carbonyl (C=O) groups excluding carboxylic acids is 1. The normalized spacial score (nSPS) is 16.6. The summed E-state index contributed by atoms with van der Waals surface area (Å²) in [5, 5.41) is 0. The van der Waals surface area contributed by atoms with Crippen LogP contribution in [0.2, 0.25) is 0 Å². The lowest BCUT2D eigenvalue weighted by molar-refractivity contribution is 0.0666. The van der Waals surface area contributed by atoms with Crippen molar-refractivity contribution < 1.29 is 17.6 Å². The number of piperazine rings is 1. The van der Waals surface area contributed by atoms with Crippen molar-refractivity contribution in [3.05, 3.63) is 48.7 Å². The van der Waals surface area contributed by atoms with Gasteiger partial charge in [0.15, 0.2) is 5.76 Å². The average molecular weight is 321 g/mol. The number of hydrogen-bond donors (Lipinski definition) is 0. The van der Waals surface area contributed by atoms with E-state index >= 15 is 0 Å². The zero-order chi connectivity index (χ0) is 15.6. The second kappa shape index (κ2) is 5.90. The quantitative estimate of drug-likeness (QED) is 0.836. The summed E-state index contributed by atoms with van der Waals surface area (Å²) >= 11 is 0. The lowest BCUT2D eigenvalue weighted by atomic mass is 10.3. The summed E-state index contributed by atoms with van der Waals surface area (Å²) in [6.45, 7) is 1.17. The lowest BCUT2D eigenvalue weighted by Crippen LogP contribution is -2.50. The minimum absolute atomic E-state index is 0.167. The molecule has 0 bridgehead atoms. The van der Waals surface area contributed by atoms with Crippen LogP contribution in [0, 0.1) is 0 Å². The molecule has 0 atom stereocenters. The Morgan fingerprint density at radius 1 is 1.14 bits per heavy atom. The summed E-state index contributed by atoms with van der Waals surface area (Å²) < 4.78 is 31.4. The van der Waals surface area contributed by atoms with Crippen LogP contribution in [0.25, 0.3) is 0 Å². The van der Waals surface area contributed by atoms with Crippen LogP contribution in [0.3, 0.4) is 0 Å². The van der Waals surface area contributed by atoms with Crippen molar-refractivity contribution in [2.45, 2.75) is 4.90 Å². The van der Waals surface area contributed by atoms with Crippen molar-refractivity contribution in [2.24, 2.45) is 0 Å². The molecule has 0 aliphatic carbocycles. The zero-order valence-electron chi connectivity index (χ0n) is 11.8. The molecule has 1 fully saturated rings. The minimum Gasteiger partial charge on any atom is -0.459 e. The van der Waals surface area contributed by atoms with Gasteiger partial charge in [0.1, 0.15) is 4.90 Å². The summed E-state index contributed by atoms with van der Waals surface area (Å²) in [6, 6.07) is 6.35. The van der Waals surface area contributed by atoms with Crippen molar-refractivity contribution in [1.29, 1.82) is 0 Å². The molecule has 1 aliphatic rings. The summed E-state index contributed by atoms with van der Waals surface area (Å²) in [6.07, 6.45) is 4.30. The number of amides is 1. The summed E-state index contributed by atoms with van der Waals surface area (Å²) in [5.74, 6) is 0.0481. The Balaban J connectivity index is 1.68. The number of rotatable bonds is 3. The first-order chi connectivity index (χ1) is 10.6. The van der Waals surface area contributed by atoms with Gasteiger partial charge in [-0.2, -0.15) is 4.31 Å². The van der Waals surface area contributed by atoms with E-state index in [0.717, 1.165) is 0 Å². The van der Waals surface area contributed by atoms with Crippen LogP contribution >= 0.6 is 0 Å². The molecule has 0 N–H and O–H groups in total. The molecule has 2 aromatic heterocycles. The van der Waals surface area contributed by atoms with Crippen molar-refractivity contribution in [3.8, 4) is 0 Å². The van der Waals surface area contributed by atoms with E-state index < -0.39 is 10.0 Å². The van der Waals surface area contributed by atoms with E-state index in [1.165, 1.54) is 29.0 Å². The molecule has 1 aliphatic heterocycles. The number of aromatic nitrogens is 1. The van der Waals surface area contributed by atoms with Gasteiger partial charge in [-0.25, -0.2) is 8.42 Å². The molecule has 0 saturated carbocycles. The van der Waals surface area contributed by atoms with E-state index in [1.807, 2.05) is 0 Å². The molecule has 0 spiro atoms. The summed E-state index contributed by atoms with van der Waals surface area (Å²) in [7, 11) is -3.56. The third-order valence-corrected chi connectivity index (χ3v) is 5.41. The van der Waals surface area contributed by atoms with Gasteiger partial charge in [-0.05, 0) is 24.3 Å². The van der Waals surface area contributed by atoms with Crippen LogP contribution in [0.15, 0.2) is 52.2 Å². The lowest BCUT2D eigenvalue weighted by Gasteiger charge is -2.33. The molecule has 22 heavy (non-hydrogen) atoms. The molecule has 116 valence electrons. The Morgan fingerprint density at radius 2 is 1.91 bits per heavy atom. The predicted molar refractivity (Wildman–Crippen MR) is 77.6 cm³/mol. The van der Waals surface area contributed by atoms with E-state index in [9.17, 15) is 13.2 Å². The molecule has 3 rings (SSSR count). The van der Waals surface area contributed by atoms with Crippen LogP contribution < -0.4 is 0 Å². The van der Waals surface area contributed by atoms with Crippen molar-refractivity contribution in [1.82, 2.24) is 14.2 Å². The molecule has 7 nitrogen and oxygen atoms in total. The maximum atomic E-state index is 12.5. The molecular weight excluding hydrogens is 306 g/mol. The summed E-state index contributed by atoms with van der Waals surface area (Å²) in [4.78, 5) is 17.7. The highest BCUT2D eigenvalue weighted by atomic mass is 32.2. The second-order valence-corrected chi connectivity index (χ2v) is 6.80. The van der Waals surface area contributed by atoms with E-state index in [0.29, 0.717) is 13.1 Å². The molecule has 0 unspecified atom stereocenters. The SMILES string of the molecule is O=C(c1ccco1)N1CCN(S(=O)(=O)c2cccnc2)CC1. The molecule has 1 amide bonds. The number of nitrogens with zero attached hydrogens (tertiary/aromatic N) is 3. The van der Waals surface area contributed by atoms with Crippen LogP contribution in [-0.4, -0.2) is 54.7 Å². The molecular formula is C14H15N3O4S. The van der Waals surface area contributed by atoms with Crippen LogP contribution in [0.1, 0.15) is 10.6 Å². The standard InChI is InChI=1S/C14H15N3O4S/c18-14(13-4-2-10-21-13)16-6-8-17(9-7-16)22(19,20)12-3-1-5-15-11-12/h1-5,10-11H,6-9H2. The van der Waals surface area contributed by atoms with Crippen molar-refractivity contribution in [2.75, 3.05) is 26.2 Å². The Kier molecular flexibility index (Phi) is 3.95. The monoisotopic (exact) mass is 321 g/mol. The highest BCUT2D eigenvalue weighted by Gasteiger charge is 2.31. The fraction of sp³-hybridized carbons (Fsp3) is 0.286. The maximum absolute atomic E-state index is 12.5. The largest absolute Gasteiger partial charge is 0.459 e. The van der Waals surface area contributed by atoms with Crippen LogP contribution in [0.4, 0.5) is 0 Å². The van der Waals surface area contributed by atoms with Gasteiger partial charge in [-0.3, -0.25) is 9.78 Å². The number of hydrogen-bond acceptors (Lipinski definition) is 5. The number of carbonyl (C=O) groups is 1. The molecule has 3 heterocycles. The number of furan rings is 1. The van der Waals surface area contributed by atoms with Gasteiger partial charge in [-0.1, -0.05) is 0 Å². The highest BCUT2D eigenvalue weighted by Crippen LogP contribution is 2.17. The maximum Gasteiger partial charge on any atom is 0.289 e. The first kappa shape index (κ1) is 14.7. The fourth-order valence-corrected chi connectivity index (χ4v) is 3.72. The van der Waals surface area contributed by atoms with E-state index in [-0.39, 0.29) is 29.7 Å². The molecule has 0 radical (unpaired) electrons. The van der Waals surface area contributed by atoms with E-state index in [4.69, 9.17) is 4.42 Å². The predicted octanol–water partition coefficient (Wildman–Crippen LogP) is 0.821. The fourth-order valence-electron chi connectivity index (χ4n) is 2.34. The third kappa shape index (κ3) is 2.75. The van der Waals surface area contributed by atoms with Gasteiger partial charge in [0.2, 0.25) is 10.0 Å². The van der Waals surface area contributed by atoms with Gasteiger partial charge < -0.3 is 9.32 Å². The summed E-state index contributed by atoms with van der Waals surface area (Å²) in [5.41, 5.74) is 0. The Morgan fingerprint density at radius 3 is 2.50 bits per heavy atom. The zero-order valence-corrected chi connectivity index (χ0v) is 12.6. The van der Waals surface area contributed by atoms with Crippen LogP contribution in [0.5, 0.6) is 0 Å². The molecule has 0 aromatic carbocycles. The first-order valence-electron chi connectivity index (χ1n) is 6.82. The van der Waals surface area contributed by atoms with Gasteiger partial charge in [0.25, 0.3) is 5.91 Å². The third-order valence-electron chi connectivity index (χ3n) is 3.53. The van der Waals surface area contributed by atoms with Crippen LogP contribution in [-0.2, 0) is 10.0 Å². The van der Waals surface area contributed by atoms with E-state index in [2.05, 4.69) is 4.98 Å². The van der Waals surface area contributed by atoms with Gasteiger partial charge in [0, 0.05) is 38.6 Å². The molecule has 2 aromatic rings. The Labute approximate surface area is 128 Å². The van der Waals surface area contributed by atoms with E-state index in [1.54, 1.807) is 23.1 Å². The van der Waals surface area contributed by atoms with Gasteiger partial charge in [0.05, 0.1) is 6.26 Å².